The van der Waals surface area contributed by atoms with Crippen molar-refractivity contribution in [3.63, 3.8) is 0 Å². The number of sulfonamides is 1. The maximum absolute atomic E-state index is 14.1. The number of halogens is 1. The van der Waals surface area contributed by atoms with E-state index in [9.17, 15) is 17.6 Å². The lowest BCUT2D eigenvalue weighted by Gasteiger charge is -2.29. The van der Waals surface area contributed by atoms with Crippen molar-refractivity contribution < 1.29 is 22.3 Å². The lowest BCUT2D eigenvalue weighted by Crippen LogP contribution is -2.48. The Balaban J connectivity index is 2.23. The van der Waals surface area contributed by atoms with Crippen molar-refractivity contribution in [1.29, 1.82) is 0 Å². The molecule has 0 saturated heterocycles. The Labute approximate surface area is 159 Å². The van der Waals surface area contributed by atoms with Gasteiger partial charge in [-0.15, -0.1) is 0 Å². The van der Waals surface area contributed by atoms with E-state index in [-0.39, 0.29) is 11.7 Å². The Hall–Kier alpha value is -2.61. The molecule has 146 valence electrons. The first-order chi connectivity index (χ1) is 12.6. The van der Waals surface area contributed by atoms with Crippen LogP contribution in [0.5, 0.6) is 5.75 Å². The molecule has 6 nitrogen and oxygen atoms in total. The second-order valence-electron chi connectivity index (χ2n) is 6.19. The molecule has 0 aliphatic carbocycles. The molecule has 8 heteroatoms. The normalized spacial score (nSPS) is 13.5. The van der Waals surface area contributed by atoms with Crippen molar-refractivity contribution in [3.05, 3.63) is 59.9 Å². The SMILES string of the molecule is COc1ccc([C@H](C)NC(=O)[C@H](C)N(c2ccccc2F)S(C)(=O)=O)cc1. The zero-order valence-electron chi connectivity index (χ0n) is 15.6. The first kappa shape index (κ1) is 20.7. The largest absolute Gasteiger partial charge is 0.497 e. The fourth-order valence-corrected chi connectivity index (χ4v) is 3.90. The van der Waals surface area contributed by atoms with Crippen LogP contribution in [0.2, 0.25) is 0 Å². The Kier molecular flexibility index (Phi) is 6.43. The number of hydrogen-bond acceptors (Lipinski definition) is 4. The minimum atomic E-state index is -3.88. The summed E-state index contributed by atoms with van der Waals surface area (Å²) >= 11 is 0. The van der Waals surface area contributed by atoms with Crippen molar-refractivity contribution >= 4 is 21.6 Å². The minimum Gasteiger partial charge on any atom is -0.497 e. The molecule has 2 rings (SSSR count). The first-order valence-electron chi connectivity index (χ1n) is 8.33. The van der Waals surface area contributed by atoms with E-state index in [1.807, 2.05) is 0 Å². The number of methoxy groups -OCH3 is 1. The summed E-state index contributed by atoms with van der Waals surface area (Å²) in [4.78, 5) is 12.7. The number of carbonyl (C=O) groups excluding carboxylic acids is 1. The molecule has 0 saturated carbocycles. The van der Waals surface area contributed by atoms with Crippen LogP contribution in [0.25, 0.3) is 0 Å². The van der Waals surface area contributed by atoms with E-state index in [0.29, 0.717) is 5.75 Å². The van der Waals surface area contributed by atoms with Gasteiger partial charge in [-0.3, -0.25) is 9.10 Å². The molecule has 2 aromatic rings. The minimum absolute atomic E-state index is 0.167. The van der Waals surface area contributed by atoms with Crippen molar-refractivity contribution in [3.8, 4) is 5.75 Å². The van der Waals surface area contributed by atoms with E-state index < -0.39 is 27.8 Å². The van der Waals surface area contributed by atoms with E-state index >= 15 is 0 Å². The molecule has 0 aliphatic heterocycles. The number of nitrogens with zero attached hydrogens (tertiary/aromatic N) is 1. The number of hydrogen-bond donors (Lipinski definition) is 1. The molecule has 1 amide bonds. The Morgan fingerprint density at radius 3 is 2.22 bits per heavy atom. The van der Waals surface area contributed by atoms with Crippen molar-refractivity contribution in [2.75, 3.05) is 17.7 Å². The smallest absolute Gasteiger partial charge is 0.244 e. The number of ether oxygens (including phenoxy) is 1. The lowest BCUT2D eigenvalue weighted by atomic mass is 10.1. The molecule has 0 heterocycles. The molecule has 2 atom stereocenters. The van der Waals surface area contributed by atoms with Crippen LogP contribution < -0.4 is 14.4 Å². The number of carbonyl (C=O) groups is 1. The van der Waals surface area contributed by atoms with Gasteiger partial charge in [-0.25, -0.2) is 12.8 Å². The molecule has 0 aromatic heterocycles. The average molecular weight is 394 g/mol. The molecule has 0 bridgehead atoms. The summed E-state index contributed by atoms with van der Waals surface area (Å²) in [6.45, 7) is 3.20. The van der Waals surface area contributed by atoms with Crippen LogP contribution in [0.4, 0.5) is 10.1 Å². The molecular weight excluding hydrogens is 371 g/mol. The molecule has 2 aromatic carbocycles. The highest BCUT2D eigenvalue weighted by Gasteiger charge is 2.31. The zero-order valence-corrected chi connectivity index (χ0v) is 16.5. The third kappa shape index (κ3) is 4.97. The van der Waals surface area contributed by atoms with Gasteiger partial charge in [-0.2, -0.15) is 0 Å². The summed E-state index contributed by atoms with van der Waals surface area (Å²) in [6.07, 6.45) is 0.941. The summed E-state index contributed by atoms with van der Waals surface area (Å²) in [5, 5.41) is 2.77. The van der Waals surface area contributed by atoms with Gasteiger partial charge >= 0.3 is 0 Å². The van der Waals surface area contributed by atoms with Crippen LogP contribution in [0, 0.1) is 5.82 Å². The molecule has 0 aliphatic rings. The predicted molar refractivity (Wildman–Crippen MR) is 103 cm³/mol. The second-order valence-corrected chi connectivity index (χ2v) is 8.05. The van der Waals surface area contributed by atoms with Crippen LogP contribution >= 0.6 is 0 Å². The fraction of sp³-hybridized carbons (Fsp3) is 0.316. The molecule has 0 spiro atoms. The van der Waals surface area contributed by atoms with E-state index in [0.717, 1.165) is 22.2 Å². The highest BCUT2D eigenvalue weighted by molar-refractivity contribution is 7.92. The first-order valence-corrected chi connectivity index (χ1v) is 10.2. The van der Waals surface area contributed by atoms with Crippen molar-refractivity contribution in [1.82, 2.24) is 5.32 Å². The van der Waals surface area contributed by atoms with Crippen LogP contribution in [0.15, 0.2) is 48.5 Å². The van der Waals surface area contributed by atoms with Gasteiger partial charge < -0.3 is 10.1 Å². The maximum Gasteiger partial charge on any atom is 0.244 e. The van der Waals surface area contributed by atoms with Gasteiger partial charge in [0.15, 0.2) is 0 Å². The summed E-state index contributed by atoms with van der Waals surface area (Å²) in [5.74, 6) is -0.564. The van der Waals surface area contributed by atoms with E-state index in [1.165, 1.54) is 25.1 Å². The number of para-hydroxylation sites is 1. The molecule has 0 fully saturated rings. The maximum atomic E-state index is 14.1. The summed E-state index contributed by atoms with van der Waals surface area (Å²) in [5.41, 5.74) is 0.660. The van der Waals surface area contributed by atoms with Crippen molar-refractivity contribution in [2.24, 2.45) is 0 Å². The second kappa shape index (κ2) is 8.39. The molecule has 27 heavy (non-hydrogen) atoms. The van der Waals surface area contributed by atoms with E-state index in [4.69, 9.17) is 4.74 Å². The van der Waals surface area contributed by atoms with Gasteiger partial charge in [-0.05, 0) is 43.7 Å². The van der Waals surface area contributed by atoms with Crippen LogP contribution in [-0.4, -0.2) is 33.7 Å². The van der Waals surface area contributed by atoms with Crippen molar-refractivity contribution in [2.45, 2.75) is 25.9 Å². The number of nitrogens with one attached hydrogen (secondary N) is 1. The molecule has 1 N–H and O–H groups in total. The number of rotatable bonds is 7. The molecule has 0 radical (unpaired) electrons. The lowest BCUT2D eigenvalue weighted by molar-refractivity contribution is -0.122. The van der Waals surface area contributed by atoms with Gasteiger partial charge in [0.05, 0.1) is 25.1 Å². The highest BCUT2D eigenvalue weighted by Crippen LogP contribution is 2.25. The van der Waals surface area contributed by atoms with Gasteiger partial charge in [0, 0.05) is 0 Å². The van der Waals surface area contributed by atoms with Crippen LogP contribution in [-0.2, 0) is 14.8 Å². The standard InChI is InChI=1S/C19H23FN2O4S/c1-13(15-9-11-16(26-3)12-10-15)21-19(23)14(2)22(27(4,24)25)18-8-6-5-7-17(18)20/h5-14H,1-4H3,(H,21,23)/t13-,14-/m0/s1. The quantitative estimate of drug-likeness (QED) is 0.784. The Bertz CT molecular complexity index is 900. The number of anilines is 1. The van der Waals surface area contributed by atoms with Crippen LogP contribution in [0.1, 0.15) is 25.5 Å². The van der Waals surface area contributed by atoms with Gasteiger partial charge in [0.25, 0.3) is 0 Å². The third-order valence-corrected chi connectivity index (χ3v) is 5.38. The fourth-order valence-electron chi connectivity index (χ4n) is 2.72. The number of benzene rings is 2. The summed E-state index contributed by atoms with van der Waals surface area (Å²) in [6, 6.07) is 11.1. The average Bonchev–Trinajstić information content (AvgIpc) is 2.62. The zero-order chi connectivity index (χ0) is 20.2. The predicted octanol–water partition coefficient (Wildman–Crippen LogP) is 2.87. The number of amides is 1. The third-order valence-electron chi connectivity index (χ3n) is 4.15. The molecular formula is C19H23FN2O4S. The van der Waals surface area contributed by atoms with Gasteiger partial charge in [0.1, 0.15) is 17.6 Å². The Morgan fingerprint density at radius 1 is 1.11 bits per heavy atom. The van der Waals surface area contributed by atoms with Gasteiger partial charge in [0.2, 0.25) is 15.9 Å². The summed E-state index contributed by atoms with van der Waals surface area (Å²) < 4.78 is 44.5. The van der Waals surface area contributed by atoms with E-state index in [2.05, 4.69) is 5.32 Å². The van der Waals surface area contributed by atoms with Gasteiger partial charge in [-0.1, -0.05) is 24.3 Å². The Morgan fingerprint density at radius 2 is 1.70 bits per heavy atom. The topological polar surface area (TPSA) is 75.7 Å². The van der Waals surface area contributed by atoms with E-state index in [1.54, 1.807) is 38.3 Å². The molecule has 0 unspecified atom stereocenters. The monoisotopic (exact) mass is 394 g/mol. The van der Waals surface area contributed by atoms with Crippen LogP contribution in [0.3, 0.4) is 0 Å². The highest BCUT2D eigenvalue weighted by atomic mass is 32.2. The summed E-state index contributed by atoms with van der Waals surface area (Å²) in [7, 11) is -2.32.